The van der Waals surface area contributed by atoms with Crippen LogP contribution in [0.3, 0.4) is 0 Å². The molecule has 0 heterocycles. The van der Waals surface area contributed by atoms with Crippen molar-refractivity contribution < 1.29 is 9.53 Å². The van der Waals surface area contributed by atoms with E-state index in [0.717, 1.165) is 35.0 Å². The highest BCUT2D eigenvalue weighted by atomic mass is 79.9. The SMILES string of the molecule is COc1ccc(CCC(=O)NC(C)C2(c3ccc(Br)cc3)CC2)cc1. The molecular formula is C21H24BrNO2. The fourth-order valence-corrected chi connectivity index (χ4v) is 3.65. The third-order valence-electron chi connectivity index (χ3n) is 5.21. The summed E-state index contributed by atoms with van der Waals surface area (Å²) < 4.78 is 6.25. The Hall–Kier alpha value is -1.81. The predicted molar refractivity (Wildman–Crippen MR) is 104 cm³/mol. The van der Waals surface area contributed by atoms with E-state index < -0.39 is 0 Å². The Morgan fingerprint density at radius 1 is 1.16 bits per heavy atom. The van der Waals surface area contributed by atoms with Crippen LogP contribution in [0, 0.1) is 0 Å². The maximum Gasteiger partial charge on any atom is 0.220 e. The van der Waals surface area contributed by atoms with Crippen LogP contribution in [0.1, 0.15) is 37.3 Å². The van der Waals surface area contributed by atoms with Gasteiger partial charge in [-0.05, 0) is 61.6 Å². The number of amides is 1. The van der Waals surface area contributed by atoms with Gasteiger partial charge in [-0.25, -0.2) is 0 Å². The topological polar surface area (TPSA) is 38.3 Å². The van der Waals surface area contributed by atoms with Crippen LogP contribution in [0.2, 0.25) is 0 Å². The highest BCUT2D eigenvalue weighted by Crippen LogP contribution is 2.51. The lowest BCUT2D eigenvalue weighted by molar-refractivity contribution is -0.121. The van der Waals surface area contributed by atoms with E-state index in [0.29, 0.717) is 6.42 Å². The monoisotopic (exact) mass is 401 g/mol. The number of hydrogen-bond acceptors (Lipinski definition) is 2. The normalized spacial score (nSPS) is 16.1. The Morgan fingerprint density at radius 3 is 2.36 bits per heavy atom. The van der Waals surface area contributed by atoms with Crippen molar-refractivity contribution >= 4 is 21.8 Å². The van der Waals surface area contributed by atoms with Crippen molar-refractivity contribution in [3.05, 3.63) is 64.1 Å². The van der Waals surface area contributed by atoms with Gasteiger partial charge in [0.25, 0.3) is 0 Å². The van der Waals surface area contributed by atoms with Crippen LogP contribution < -0.4 is 10.1 Å². The molecule has 0 aliphatic heterocycles. The molecule has 2 aromatic rings. The number of carbonyl (C=O) groups is 1. The second kappa shape index (κ2) is 7.61. The molecule has 1 unspecified atom stereocenters. The van der Waals surface area contributed by atoms with E-state index in [1.165, 1.54) is 5.56 Å². The lowest BCUT2D eigenvalue weighted by atomic mass is 9.89. The van der Waals surface area contributed by atoms with Crippen LogP contribution in [0.25, 0.3) is 0 Å². The van der Waals surface area contributed by atoms with Crippen molar-refractivity contribution in [2.24, 2.45) is 0 Å². The van der Waals surface area contributed by atoms with Gasteiger partial charge in [-0.1, -0.05) is 40.2 Å². The van der Waals surface area contributed by atoms with Crippen molar-refractivity contribution in [3.8, 4) is 5.75 Å². The Kier molecular flexibility index (Phi) is 5.48. The molecule has 0 saturated heterocycles. The minimum absolute atomic E-state index is 0.108. The van der Waals surface area contributed by atoms with E-state index in [9.17, 15) is 4.79 Å². The molecule has 25 heavy (non-hydrogen) atoms. The third kappa shape index (κ3) is 4.24. The van der Waals surface area contributed by atoms with Gasteiger partial charge in [0.05, 0.1) is 7.11 Å². The number of carbonyl (C=O) groups excluding carboxylic acids is 1. The smallest absolute Gasteiger partial charge is 0.220 e. The predicted octanol–water partition coefficient (Wildman–Crippen LogP) is 4.63. The van der Waals surface area contributed by atoms with Crippen LogP contribution in [0.5, 0.6) is 5.75 Å². The number of hydrogen-bond donors (Lipinski definition) is 1. The summed E-state index contributed by atoms with van der Waals surface area (Å²) in [6, 6.07) is 16.5. The summed E-state index contributed by atoms with van der Waals surface area (Å²) in [5.41, 5.74) is 2.58. The second-order valence-corrected chi connectivity index (χ2v) is 7.72. The Bertz CT molecular complexity index is 721. The number of methoxy groups -OCH3 is 1. The van der Waals surface area contributed by atoms with Gasteiger partial charge in [0, 0.05) is 22.4 Å². The van der Waals surface area contributed by atoms with Crippen molar-refractivity contribution in [2.75, 3.05) is 7.11 Å². The fourth-order valence-electron chi connectivity index (χ4n) is 3.39. The number of ether oxygens (including phenoxy) is 1. The number of aryl methyl sites for hydroxylation is 1. The van der Waals surface area contributed by atoms with Gasteiger partial charge in [0.1, 0.15) is 5.75 Å². The summed E-state index contributed by atoms with van der Waals surface area (Å²) in [5, 5.41) is 3.21. The van der Waals surface area contributed by atoms with Crippen LogP contribution in [0.4, 0.5) is 0 Å². The summed E-state index contributed by atoms with van der Waals surface area (Å²) in [5.74, 6) is 0.957. The minimum atomic E-state index is 0.108. The lowest BCUT2D eigenvalue weighted by Gasteiger charge is -2.25. The molecule has 1 fully saturated rings. The van der Waals surface area contributed by atoms with Gasteiger partial charge in [-0.15, -0.1) is 0 Å². The maximum atomic E-state index is 12.4. The summed E-state index contributed by atoms with van der Waals surface area (Å²) in [6.07, 6.45) is 3.52. The highest BCUT2D eigenvalue weighted by Gasteiger charge is 2.49. The quantitative estimate of drug-likeness (QED) is 0.734. The highest BCUT2D eigenvalue weighted by molar-refractivity contribution is 9.10. The zero-order chi connectivity index (χ0) is 17.9. The average molecular weight is 402 g/mol. The zero-order valence-corrected chi connectivity index (χ0v) is 16.3. The molecule has 3 nitrogen and oxygen atoms in total. The van der Waals surface area contributed by atoms with E-state index >= 15 is 0 Å². The molecule has 132 valence electrons. The van der Waals surface area contributed by atoms with Crippen LogP contribution in [-0.4, -0.2) is 19.1 Å². The van der Waals surface area contributed by atoms with E-state index in [-0.39, 0.29) is 17.4 Å². The largest absolute Gasteiger partial charge is 0.497 e. The average Bonchev–Trinajstić information content (AvgIpc) is 3.43. The maximum absolute atomic E-state index is 12.4. The Labute approximate surface area is 157 Å². The molecule has 1 aliphatic rings. The lowest BCUT2D eigenvalue weighted by Crippen LogP contribution is -2.41. The Balaban J connectivity index is 1.54. The first-order valence-corrected chi connectivity index (χ1v) is 9.51. The molecule has 1 N–H and O–H groups in total. The molecule has 1 amide bonds. The second-order valence-electron chi connectivity index (χ2n) is 6.80. The van der Waals surface area contributed by atoms with Gasteiger partial charge in [0.2, 0.25) is 5.91 Å². The molecule has 3 rings (SSSR count). The first-order valence-electron chi connectivity index (χ1n) is 8.72. The summed E-state index contributed by atoms with van der Waals surface area (Å²) in [6.45, 7) is 2.13. The first kappa shape index (κ1) is 18.0. The molecule has 0 spiro atoms. The van der Waals surface area contributed by atoms with Crippen molar-refractivity contribution in [1.82, 2.24) is 5.32 Å². The summed E-state index contributed by atoms with van der Waals surface area (Å²) >= 11 is 3.48. The van der Waals surface area contributed by atoms with Crippen LogP contribution >= 0.6 is 15.9 Å². The first-order chi connectivity index (χ1) is 12.0. The molecule has 0 radical (unpaired) electrons. The van der Waals surface area contributed by atoms with Gasteiger partial charge < -0.3 is 10.1 Å². The van der Waals surface area contributed by atoms with Gasteiger partial charge in [-0.2, -0.15) is 0 Å². The minimum Gasteiger partial charge on any atom is -0.497 e. The van der Waals surface area contributed by atoms with Crippen LogP contribution in [0.15, 0.2) is 53.0 Å². The Morgan fingerprint density at radius 2 is 1.80 bits per heavy atom. The van der Waals surface area contributed by atoms with Crippen molar-refractivity contribution in [2.45, 2.75) is 44.1 Å². The standard InChI is InChI=1S/C21H24BrNO2/c1-15(21(13-14-21)17-6-8-18(22)9-7-17)23-20(24)12-5-16-3-10-19(25-2)11-4-16/h3-4,6-11,15H,5,12-14H2,1-2H3,(H,23,24). The zero-order valence-electron chi connectivity index (χ0n) is 14.7. The number of rotatable bonds is 7. The number of benzene rings is 2. The van der Waals surface area contributed by atoms with Gasteiger partial charge >= 0.3 is 0 Å². The van der Waals surface area contributed by atoms with Crippen LogP contribution in [-0.2, 0) is 16.6 Å². The molecular weight excluding hydrogens is 378 g/mol. The van der Waals surface area contributed by atoms with E-state index in [2.05, 4.69) is 52.4 Å². The molecule has 0 bridgehead atoms. The molecule has 1 aliphatic carbocycles. The van der Waals surface area contributed by atoms with Gasteiger partial charge in [-0.3, -0.25) is 4.79 Å². The molecule has 0 aromatic heterocycles. The van der Waals surface area contributed by atoms with Crippen molar-refractivity contribution in [1.29, 1.82) is 0 Å². The number of halogens is 1. The number of nitrogens with one attached hydrogen (secondary N) is 1. The third-order valence-corrected chi connectivity index (χ3v) is 5.74. The van der Waals surface area contributed by atoms with Crippen molar-refractivity contribution in [3.63, 3.8) is 0 Å². The molecule has 1 atom stereocenters. The molecule has 1 saturated carbocycles. The van der Waals surface area contributed by atoms with Gasteiger partial charge in [0.15, 0.2) is 0 Å². The fraction of sp³-hybridized carbons (Fsp3) is 0.381. The summed E-state index contributed by atoms with van der Waals surface area (Å²) in [4.78, 5) is 12.4. The summed E-state index contributed by atoms with van der Waals surface area (Å²) in [7, 11) is 1.66. The van der Waals surface area contributed by atoms with E-state index in [4.69, 9.17) is 4.74 Å². The van der Waals surface area contributed by atoms with E-state index in [1.54, 1.807) is 7.11 Å². The molecule has 2 aromatic carbocycles. The van der Waals surface area contributed by atoms with E-state index in [1.807, 2.05) is 24.3 Å². The molecule has 4 heteroatoms.